The number of benzene rings is 2. The van der Waals surface area contributed by atoms with E-state index in [0.29, 0.717) is 12.2 Å². The highest BCUT2D eigenvalue weighted by Crippen LogP contribution is 2.42. The number of hydrogen-bond acceptors (Lipinski definition) is 5. The summed E-state index contributed by atoms with van der Waals surface area (Å²) in [5.41, 5.74) is 3.15. The van der Waals surface area contributed by atoms with Gasteiger partial charge in [-0.05, 0) is 55.1 Å². The van der Waals surface area contributed by atoms with Crippen molar-refractivity contribution < 1.29 is 24.2 Å². The zero-order valence-electron chi connectivity index (χ0n) is 17.3. The molecule has 0 bridgehead atoms. The molecule has 0 aromatic heterocycles. The quantitative estimate of drug-likeness (QED) is 0.635. The van der Waals surface area contributed by atoms with Gasteiger partial charge >= 0.3 is 11.9 Å². The molecule has 2 aliphatic rings. The first-order chi connectivity index (χ1) is 15.2. The van der Waals surface area contributed by atoms with Gasteiger partial charge in [0.05, 0.1) is 0 Å². The third-order valence-corrected chi connectivity index (χ3v) is 6.32. The molecule has 32 heavy (non-hydrogen) atoms. The number of piperazine rings is 1. The molecule has 0 amide bonds. The van der Waals surface area contributed by atoms with Gasteiger partial charge in [0, 0.05) is 64.4 Å². The van der Waals surface area contributed by atoms with Gasteiger partial charge in [-0.2, -0.15) is 0 Å². The molecule has 4 rings (SSSR count). The van der Waals surface area contributed by atoms with E-state index in [0.717, 1.165) is 57.8 Å². The van der Waals surface area contributed by atoms with Crippen LogP contribution in [-0.2, 0) is 9.59 Å². The average Bonchev–Trinajstić information content (AvgIpc) is 2.90. The molecule has 2 aliphatic heterocycles. The number of halogens is 2. The van der Waals surface area contributed by atoms with E-state index in [-0.39, 0.29) is 5.82 Å². The summed E-state index contributed by atoms with van der Waals surface area (Å²) in [5.74, 6) is -2.71. The number of nitrogens with zero attached hydrogens (tertiary/aromatic N) is 2. The fraction of sp³-hybridized carbons (Fsp3) is 0.217. The first kappa shape index (κ1) is 23.8. The van der Waals surface area contributed by atoms with Crippen molar-refractivity contribution in [2.24, 2.45) is 0 Å². The molecule has 9 heteroatoms. The van der Waals surface area contributed by atoms with E-state index in [1.165, 1.54) is 6.07 Å². The molecular weight excluding hydrogens is 455 g/mol. The molecule has 0 spiro atoms. The lowest BCUT2D eigenvalue weighted by Gasteiger charge is -2.36. The maximum Gasteiger partial charge on any atom is 0.328 e. The van der Waals surface area contributed by atoms with Gasteiger partial charge in [-0.25, -0.2) is 14.0 Å². The maximum absolute atomic E-state index is 13.9. The van der Waals surface area contributed by atoms with Crippen molar-refractivity contribution in [2.75, 3.05) is 33.2 Å². The van der Waals surface area contributed by atoms with Crippen LogP contribution in [0.15, 0.2) is 58.3 Å². The number of carbonyl (C=O) groups is 2. The average molecular weight is 477 g/mol. The minimum atomic E-state index is -1.26. The summed E-state index contributed by atoms with van der Waals surface area (Å²) in [7, 11) is 2.14. The molecule has 0 radical (unpaired) electrons. The van der Waals surface area contributed by atoms with Gasteiger partial charge in [0.25, 0.3) is 0 Å². The zero-order valence-corrected chi connectivity index (χ0v) is 18.9. The van der Waals surface area contributed by atoms with E-state index in [9.17, 15) is 14.0 Å². The monoisotopic (exact) mass is 476 g/mol. The number of likely N-dealkylation sites (N-methyl/N-ethyl adjacent to an activating group) is 1. The van der Waals surface area contributed by atoms with Crippen LogP contribution in [0.2, 0.25) is 5.02 Å². The van der Waals surface area contributed by atoms with Gasteiger partial charge in [0.1, 0.15) is 5.82 Å². The third-order valence-electron chi connectivity index (χ3n) is 4.91. The SMILES string of the molecule is CN1CCN(C2=Cc3cc(Cl)ccc3Sc3ccc(F)cc32)CC1.O=C(O)/C=C\C(=O)O. The van der Waals surface area contributed by atoms with Crippen LogP contribution in [0.4, 0.5) is 4.39 Å². The largest absolute Gasteiger partial charge is 0.478 e. The number of fused-ring (bicyclic) bond motifs is 2. The number of carboxylic acid groups (broad SMARTS) is 2. The standard InChI is InChI=1S/C19H18ClFN2S.C4H4O4/c1-22-6-8-23(9-7-22)17-11-13-10-14(20)2-4-18(13)24-19-5-3-15(21)12-16(17)19;5-3(6)1-2-4(7)8/h2-5,10-12H,6-9H2,1H3;1-2H,(H,5,6)(H,7,8)/b;2-1-. The molecule has 6 nitrogen and oxygen atoms in total. The van der Waals surface area contributed by atoms with Crippen LogP contribution >= 0.6 is 23.4 Å². The van der Waals surface area contributed by atoms with Crippen LogP contribution in [-0.4, -0.2) is 65.2 Å². The van der Waals surface area contributed by atoms with Gasteiger partial charge in [-0.1, -0.05) is 23.4 Å². The topological polar surface area (TPSA) is 81.1 Å². The third kappa shape index (κ3) is 6.35. The summed E-state index contributed by atoms with van der Waals surface area (Å²) in [4.78, 5) is 26.0. The fourth-order valence-electron chi connectivity index (χ4n) is 3.31. The van der Waals surface area contributed by atoms with Gasteiger partial charge in [-0.15, -0.1) is 0 Å². The molecule has 1 saturated heterocycles. The molecule has 2 heterocycles. The Hall–Kier alpha value is -2.81. The number of aliphatic carboxylic acids is 2. The highest BCUT2D eigenvalue weighted by Gasteiger charge is 2.23. The van der Waals surface area contributed by atoms with Crippen LogP contribution in [0.25, 0.3) is 11.8 Å². The smallest absolute Gasteiger partial charge is 0.328 e. The van der Waals surface area contributed by atoms with Crippen LogP contribution < -0.4 is 0 Å². The highest BCUT2D eigenvalue weighted by atomic mass is 35.5. The molecule has 2 aromatic rings. The zero-order chi connectivity index (χ0) is 23.3. The summed E-state index contributed by atoms with van der Waals surface area (Å²) >= 11 is 7.87. The van der Waals surface area contributed by atoms with Crippen LogP contribution in [0.3, 0.4) is 0 Å². The van der Waals surface area contributed by atoms with Crippen molar-refractivity contribution >= 4 is 47.1 Å². The Kier molecular flexibility index (Phi) is 7.95. The van der Waals surface area contributed by atoms with Crippen molar-refractivity contribution in [3.63, 3.8) is 0 Å². The molecular formula is C23H22ClFN2O4S. The fourth-order valence-corrected chi connectivity index (χ4v) is 4.51. The normalized spacial score (nSPS) is 15.7. The Balaban J connectivity index is 0.000000312. The summed E-state index contributed by atoms with van der Waals surface area (Å²) in [5, 5.41) is 16.3. The predicted molar refractivity (Wildman–Crippen MR) is 123 cm³/mol. The second-order valence-electron chi connectivity index (χ2n) is 7.25. The summed E-state index contributed by atoms with van der Waals surface area (Å²) < 4.78 is 13.9. The van der Waals surface area contributed by atoms with E-state index in [1.807, 2.05) is 24.3 Å². The molecule has 1 fully saturated rings. The summed E-state index contributed by atoms with van der Waals surface area (Å²) in [6.07, 6.45) is 3.27. The van der Waals surface area contributed by atoms with Crippen LogP contribution in [0.5, 0.6) is 0 Å². The molecule has 0 unspecified atom stereocenters. The molecule has 2 N–H and O–H groups in total. The van der Waals surface area contributed by atoms with Crippen molar-refractivity contribution in [1.29, 1.82) is 0 Å². The molecule has 2 aromatic carbocycles. The van der Waals surface area contributed by atoms with E-state index in [4.69, 9.17) is 21.8 Å². The van der Waals surface area contributed by atoms with Crippen molar-refractivity contribution in [2.45, 2.75) is 9.79 Å². The molecule has 0 atom stereocenters. The van der Waals surface area contributed by atoms with Gasteiger partial charge in [-0.3, -0.25) is 0 Å². The number of hydrogen-bond donors (Lipinski definition) is 2. The van der Waals surface area contributed by atoms with E-state index in [1.54, 1.807) is 17.8 Å². The second-order valence-corrected chi connectivity index (χ2v) is 8.77. The summed E-state index contributed by atoms with van der Waals surface area (Å²) in [6, 6.07) is 11.0. The maximum atomic E-state index is 13.9. The Morgan fingerprint density at radius 2 is 1.62 bits per heavy atom. The lowest BCUT2D eigenvalue weighted by molar-refractivity contribution is -0.134. The second kappa shape index (κ2) is 10.7. The van der Waals surface area contributed by atoms with Gasteiger partial charge < -0.3 is 20.0 Å². The van der Waals surface area contributed by atoms with E-state index in [2.05, 4.69) is 22.9 Å². The minimum Gasteiger partial charge on any atom is -0.478 e. The first-order valence-corrected chi connectivity index (χ1v) is 11.0. The van der Waals surface area contributed by atoms with Crippen molar-refractivity contribution in [1.82, 2.24) is 9.80 Å². The summed E-state index contributed by atoms with van der Waals surface area (Å²) in [6.45, 7) is 3.91. The number of rotatable bonds is 3. The molecule has 168 valence electrons. The Labute approximate surface area is 194 Å². The number of carboxylic acids is 2. The highest BCUT2D eigenvalue weighted by molar-refractivity contribution is 7.99. The first-order valence-electron chi connectivity index (χ1n) is 9.79. The van der Waals surface area contributed by atoms with Gasteiger partial charge in [0.2, 0.25) is 0 Å². The van der Waals surface area contributed by atoms with Gasteiger partial charge in [0.15, 0.2) is 0 Å². The van der Waals surface area contributed by atoms with E-state index >= 15 is 0 Å². The Morgan fingerprint density at radius 1 is 1.00 bits per heavy atom. The van der Waals surface area contributed by atoms with E-state index < -0.39 is 11.9 Å². The minimum absolute atomic E-state index is 0.196. The lowest BCUT2D eigenvalue weighted by Crippen LogP contribution is -2.43. The Morgan fingerprint density at radius 3 is 2.25 bits per heavy atom. The molecule has 0 saturated carbocycles. The lowest BCUT2D eigenvalue weighted by atomic mass is 10.1. The van der Waals surface area contributed by atoms with Crippen LogP contribution in [0, 0.1) is 5.82 Å². The predicted octanol–water partition coefficient (Wildman–Crippen LogP) is 4.40. The molecule has 0 aliphatic carbocycles. The van der Waals surface area contributed by atoms with Crippen molar-refractivity contribution in [3.8, 4) is 0 Å². The van der Waals surface area contributed by atoms with Crippen molar-refractivity contribution in [3.05, 3.63) is 70.5 Å². The van der Waals surface area contributed by atoms with Crippen LogP contribution in [0.1, 0.15) is 11.1 Å². The Bertz CT molecular complexity index is 1070.